The molecule has 1 aromatic carbocycles. The van der Waals surface area contributed by atoms with E-state index in [0.717, 1.165) is 36.0 Å². The van der Waals surface area contributed by atoms with E-state index in [1.807, 2.05) is 24.3 Å². The highest BCUT2D eigenvalue weighted by atomic mass is 35.5. The number of halogens is 1. The summed E-state index contributed by atoms with van der Waals surface area (Å²) in [6.07, 6.45) is 1.39. The van der Waals surface area contributed by atoms with Gasteiger partial charge in [0.25, 0.3) is 0 Å². The highest BCUT2D eigenvalue weighted by Gasteiger charge is 2.06. The number of hydrogen-bond donors (Lipinski definition) is 2. The van der Waals surface area contributed by atoms with Gasteiger partial charge in [-0.25, -0.2) is 0 Å². The second-order valence-electron chi connectivity index (χ2n) is 4.30. The molecule has 1 heterocycles. The van der Waals surface area contributed by atoms with Gasteiger partial charge in [0.2, 0.25) is 0 Å². The van der Waals surface area contributed by atoms with Crippen LogP contribution in [0.5, 0.6) is 0 Å². The van der Waals surface area contributed by atoms with Crippen molar-refractivity contribution < 1.29 is 5.11 Å². The van der Waals surface area contributed by atoms with Crippen LogP contribution in [-0.2, 0) is 0 Å². The molecule has 4 nitrogen and oxygen atoms in total. The second-order valence-corrected chi connectivity index (χ2v) is 4.66. The molecule has 0 spiro atoms. The van der Waals surface area contributed by atoms with Gasteiger partial charge in [0.05, 0.1) is 6.10 Å². The van der Waals surface area contributed by atoms with Gasteiger partial charge < -0.3 is 10.4 Å². The van der Waals surface area contributed by atoms with E-state index in [1.165, 1.54) is 0 Å². The summed E-state index contributed by atoms with van der Waals surface area (Å²) in [6, 6.07) is 7.76. The third-order valence-electron chi connectivity index (χ3n) is 2.73. The van der Waals surface area contributed by atoms with E-state index in [1.54, 1.807) is 6.92 Å². The molecule has 0 saturated carbocycles. The lowest BCUT2D eigenvalue weighted by Crippen LogP contribution is -2.08. The summed E-state index contributed by atoms with van der Waals surface area (Å²) >= 11 is 6.00. The van der Waals surface area contributed by atoms with Crippen LogP contribution in [0, 0.1) is 0 Å². The zero-order chi connectivity index (χ0) is 13.0. The first-order valence-corrected chi connectivity index (χ1v) is 6.39. The fraction of sp³-hybridized carbons (Fsp3) is 0.385. The molecule has 2 N–H and O–H groups in total. The molecule has 1 atom stereocenters. The van der Waals surface area contributed by atoms with E-state index in [-0.39, 0.29) is 6.10 Å². The van der Waals surface area contributed by atoms with Gasteiger partial charge in [0.15, 0.2) is 11.0 Å². The van der Waals surface area contributed by atoms with Crippen LogP contribution >= 0.6 is 11.6 Å². The molecule has 0 saturated heterocycles. The largest absolute Gasteiger partial charge is 0.393 e. The highest BCUT2D eigenvalue weighted by molar-refractivity contribution is 6.34. The van der Waals surface area contributed by atoms with Crippen LogP contribution in [0.15, 0.2) is 24.3 Å². The third-order valence-corrected chi connectivity index (χ3v) is 3.01. The SMILES string of the molecule is CC(O)CCCNc1nnc(Cl)c2ccccc12. The first kappa shape index (κ1) is 13.1. The smallest absolute Gasteiger partial charge is 0.159 e. The zero-order valence-electron chi connectivity index (χ0n) is 10.2. The number of aliphatic hydroxyl groups excluding tert-OH is 1. The van der Waals surface area contributed by atoms with E-state index >= 15 is 0 Å². The molecule has 18 heavy (non-hydrogen) atoms. The molecule has 0 radical (unpaired) electrons. The predicted octanol–water partition coefficient (Wildman–Crippen LogP) is 2.86. The Morgan fingerprint density at radius 2 is 2.00 bits per heavy atom. The van der Waals surface area contributed by atoms with Crippen molar-refractivity contribution in [3.63, 3.8) is 0 Å². The summed E-state index contributed by atoms with van der Waals surface area (Å²) in [7, 11) is 0. The predicted molar refractivity (Wildman–Crippen MR) is 74.0 cm³/mol. The third kappa shape index (κ3) is 3.09. The van der Waals surface area contributed by atoms with Gasteiger partial charge in [-0.1, -0.05) is 35.9 Å². The van der Waals surface area contributed by atoms with Crippen LogP contribution in [0.4, 0.5) is 5.82 Å². The lowest BCUT2D eigenvalue weighted by Gasteiger charge is -2.09. The molecule has 96 valence electrons. The summed E-state index contributed by atoms with van der Waals surface area (Å²) in [5.41, 5.74) is 0. The molecule has 2 rings (SSSR count). The van der Waals surface area contributed by atoms with E-state index in [4.69, 9.17) is 11.6 Å². The molecule has 1 unspecified atom stereocenters. The summed E-state index contributed by atoms with van der Waals surface area (Å²) in [4.78, 5) is 0. The van der Waals surface area contributed by atoms with Crippen LogP contribution in [0.3, 0.4) is 0 Å². The Labute approximate surface area is 111 Å². The van der Waals surface area contributed by atoms with Crippen LogP contribution in [0.2, 0.25) is 5.15 Å². The van der Waals surface area contributed by atoms with E-state index in [2.05, 4.69) is 15.5 Å². The maximum atomic E-state index is 9.18. The van der Waals surface area contributed by atoms with Gasteiger partial charge in [0.1, 0.15) is 0 Å². The molecule has 0 aliphatic carbocycles. The van der Waals surface area contributed by atoms with Gasteiger partial charge >= 0.3 is 0 Å². The van der Waals surface area contributed by atoms with E-state index in [9.17, 15) is 5.11 Å². The average molecular weight is 266 g/mol. The van der Waals surface area contributed by atoms with Gasteiger partial charge in [-0.15, -0.1) is 10.2 Å². The van der Waals surface area contributed by atoms with Crippen molar-refractivity contribution in [3.8, 4) is 0 Å². The van der Waals surface area contributed by atoms with Crippen molar-refractivity contribution in [2.75, 3.05) is 11.9 Å². The summed E-state index contributed by atoms with van der Waals surface area (Å²) in [5.74, 6) is 0.737. The number of anilines is 1. The molecular formula is C13H16ClN3O. The zero-order valence-corrected chi connectivity index (χ0v) is 11.0. The maximum absolute atomic E-state index is 9.18. The topological polar surface area (TPSA) is 58.0 Å². The van der Waals surface area contributed by atoms with Crippen molar-refractivity contribution in [2.24, 2.45) is 0 Å². The van der Waals surface area contributed by atoms with Gasteiger partial charge in [-0.05, 0) is 19.8 Å². The van der Waals surface area contributed by atoms with Crippen LogP contribution in [0.1, 0.15) is 19.8 Å². The molecule has 1 aromatic heterocycles. The Balaban J connectivity index is 2.11. The number of hydrogen-bond acceptors (Lipinski definition) is 4. The first-order chi connectivity index (χ1) is 8.68. The standard InChI is InChI=1S/C13H16ClN3O/c1-9(18)5-4-8-15-13-11-7-3-2-6-10(11)12(14)16-17-13/h2-3,6-7,9,18H,4-5,8H2,1H3,(H,15,17). The normalized spacial score (nSPS) is 12.6. The summed E-state index contributed by atoms with van der Waals surface area (Å²) in [5, 5.41) is 22.7. The second kappa shape index (κ2) is 5.98. The number of rotatable bonds is 5. The summed E-state index contributed by atoms with van der Waals surface area (Å²) in [6.45, 7) is 2.54. The molecule has 0 aliphatic heterocycles. The number of benzene rings is 1. The molecule has 0 aliphatic rings. The monoisotopic (exact) mass is 265 g/mol. The lowest BCUT2D eigenvalue weighted by atomic mass is 10.2. The van der Waals surface area contributed by atoms with Crippen LogP contribution in [-0.4, -0.2) is 28.0 Å². The van der Waals surface area contributed by atoms with E-state index in [0.29, 0.717) is 5.15 Å². The van der Waals surface area contributed by atoms with E-state index < -0.39 is 0 Å². The van der Waals surface area contributed by atoms with Gasteiger partial charge in [0, 0.05) is 17.3 Å². The van der Waals surface area contributed by atoms with Crippen molar-refractivity contribution in [1.82, 2.24) is 10.2 Å². The molecule has 0 amide bonds. The minimum absolute atomic E-state index is 0.264. The Bertz CT molecular complexity index is 531. The fourth-order valence-electron chi connectivity index (χ4n) is 1.81. The quantitative estimate of drug-likeness (QED) is 0.816. The Morgan fingerprint density at radius 1 is 1.28 bits per heavy atom. The first-order valence-electron chi connectivity index (χ1n) is 6.01. The fourth-order valence-corrected chi connectivity index (χ4v) is 2.01. The van der Waals surface area contributed by atoms with Crippen molar-refractivity contribution in [2.45, 2.75) is 25.9 Å². The molecule has 5 heteroatoms. The number of nitrogens with zero attached hydrogens (tertiary/aromatic N) is 2. The molecule has 0 bridgehead atoms. The Hall–Kier alpha value is -1.39. The number of fused-ring (bicyclic) bond motifs is 1. The van der Waals surface area contributed by atoms with Crippen molar-refractivity contribution in [1.29, 1.82) is 0 Å². The maximum Gasteiger partial charge on any atom is 0.159 e. The highest BCUT2D eigenvalue weighted by Crippen LogP contribution is 2.25. The average Bonchev–Trinajstić information content (AvgIpc) is 2.37. The number of aromatic nitrogens is 2. The van der Waals surface area contributed by atoms with Gasteiger partial charge in [-0.2, -0.15) is 0 Å². The lowest BCUT2D eigenvalue weighted by molar-refractivity contribution is 0.183. The van der Waals surface area contributed by atoms with Crippen LogP contribution in [0.25, 0.3) is 10.8 Å². The molecule has 2 aromatic rings. The summed E-state index contributed by atoms with van der Waals surface area (Å²) < 4.78 is 0. The molecule has 0 fully saturated rings. The Kier molecular flexibility index (Phi) is 4.33. The number of nitrogens with one attached hydrogen (secondary N) is 1. The minimum Gasteiger partial charge on any atom is -0.393 e. The van der Waals surface area contributed by atoms with Crippen molar-refractivity contribution in [3.05, 3.63) is 29.4 Å². The van der Waals surface area contributed by atoms with Crippen molar-refractivity contribution >= 4 is 28.2 Å². The van der Waals surface area contributed by atoms with Crippen LogP contribution < -0.4 is 5.32 Å². The van der Waals surface area contributed by atoms with Gasteiger partial charge in [-0.3, -0.25) is 0 Å². The Morgan fingerprint density at radius 3 is 2.72 bits per heavy atom. The number of aliphatic hydroxyl groups is 1. The minimum atomic E-state index is -0.264. The molecular weight excluding hydrogens is 250 g/mol.